The summed E-state index contributed by atoms with van der Waals surface area (Å²) in [6.07, 6.45) is 1.29. The molecule has 0 saturated heterocycles. The quantitative estimate of drug-likeness (QED) is 0.788. The molecule has 1 unspecified atom stereocenters. The molecule has 20 heavy (non-hydrogen) atoms. The number of benzene rings is 1. The molecule has 5 nitrogen and oxygen atoms in total. The topological polar surface area (TPSA) is 88.2 Å². The molecule has 0 aliphatic heterocycles. The van der Waals surface area contributed by atoms with E-state index in [9.17, 15) is 4.79 Å². The fraction of sp³-hybridized carbons (Fsp3) is 0.429. The van der Waals surface area contributed by atoms with E-state index in [1.165, 1.54) is 11.3 Å². The van der Waals surface area contributed by atoms with Crippen LogP contribution < -0.4 is 11.1 Å². The Hall–Kier alpha value is -1.66. The van der Waals surface area contributed by atoms with E-state index in [2.05, 4.69) is 10.3 Å². The van der Waals surface area contributed by atoms with Gasteiger partial charge in [0.05, 0.1) is 10.2 Å². The second-order valence-electron chi connectivity index (χ2n) is 5.08. The Morgan fingerprint density at radius 2 is 2.30 bits per heavy atom. The van der Waals surface area contributed by atoms with Gasteiger partial charge in [0.25, 0.3) is 5.91 Å². The summed E-state index contributed by atoms with van der Waals surface area (Å²) in [4.78, 5) is 16.5. The van der Waals surface area contributed by atoms with E-state index >= 15 is 0 Å². The first kappa shape index (κ1) is 14.7. The highest BCUT2D eigenvalue weighted by atomic mass is 32.1. The van der Waals surface area contributed by atoms with Crippen LogP contribution in [0.5, 0.6) is 0 Å². The lowest BCUT2D eigenvalue weighted by Crippen LogP contribution is -2.46. The van der Waals surface area contributed by atoms with Gasteiger partial charge in [0.2, 0.25) is 0 Å². The van der Waals surface area contributed by atoms with Crippen LogP contribution in [0.15, 0.2) is 18.2 Å². The van der Waals surface area contributed by atoms with Crippen LogP contribution in [0.1, 0.15) is 37.0 Å². The van der Waals surface area contributed by atoms with E-state index in [0.717, 1.165) is 16.6 Å². The number of nitrogens with zero attached hydrogens (tertiary/aromatic N) is 1. The number of nitrogen functional groups attached to an aromatic ring is 1. The number of carbonyl (C=O) groups is 1. The summed E-state index contributed by atoms with van der Waals surface area (Å²) in [5.41, 5.74) is 6.65. The Bertz CT molecular complexity index is 626. The zero-order valence-corrected chi connectivity index (χ0v) is 12.5. The summed E-state index contributed by atoms with van der Waals surface area (Å²) in [6, 6.07) is 5.34. The average Bonchev–Trinajstić information content (AvgIpc) is 2.77. The number of rotatable bonds is 5. The van der Waals surface area contributed by atoms with Crippen LogP contribution in [0.25, 0.3) is 10.2 Å². The standard InChI is InChI=1S/C14H19N3O2S/c1-3-14(2,6-7-18)17-12(19)9-4-5-10-11(8-9)20-13(15)16-10/h4-5,8,18H,3,6-7H2,1-2H3,(H2,15,16)(H,17,19). The number of carbonyl (C=O) groups excluding carboxylic acids is 1. The molecular weight excluding hydrogens is 274 g/mol. The van der Waals surface area contributed by atoms with Crippen molar-refractivity contribution in [3.05, 3.63) is 23.8 Å². The minimum absolute atomic E-state index is 0.0506. The van der Waals surface area contributed by atoms with Crippen molar-refractivity contribution in [2.45, 2.75) is 32.2 Å². The maximum absolute atomic E-state index is 12.3. The Labute approximate surface area is 121 Å². The predicted octanol–water partition coefficient (Wildman–Crippen LogP) is 2.16. The molecule has 2 rings (SSSR count). The molecule has 1 heterocycles. The number of nitrogens with one attached hydrogen (secondary N) is 1. The molecule has 1 atom stereocenters. The van der Waals surface area contributed by atoms with E-state index in [1.807, 2.05) is 13.8 Å². The highest BCUT2D eigenvalue weighted by Gasteiger charge is 2.24. The first-order chi connectivity index (χ1) is 9.47. The number of hydrogen-bond donors (Lipinski definition) is 3. The Morgan fingerprint density at radius 1 is 1.55 bits per heavy atom. The lowest BCUT2D eigenvalue weighted by atomic mass is 9.94. The minimum Gasteiger partial charge on any atom is -0.396 e. The second-order valence-corrected chi connectivity index (χ2v) is 6.14. The van der Waals surface area contributed by atoms with E-state index < -0.39 is 5.54 Å². The van der Waals surface area contributed by atoms with Gasteiger partial charge >= 0.3 is 0 Å². The largest absolute Gasteiger partial charge is 0.396 e. The zero-order valence-electron chi connectivity index (χ0n) is 11.6. The number of aliphatic hydroxyl groups excluding tert-OH is 1. The first-order valence-corrected chi connectivity index (χ1v) is 7.38. The van der Waals surface area contributed by atoms with Gasteiger partial charge in [0.15, 0.2) is 5.13 Å². The highest BCUT2D eigenvalue weighted by Crippen LogP contribution is 2.25. The van der Waals surface area contributed by atoms with Gasteiger partial charge in [-0.25, -0.2) is 4.98 Å². The van der Waals surface area contributed by atoms with Gasteiger partial charge in [-0.3, -0.25) is 4.79 Å². The molecule has 4 N–H and O–H groups in total. The normalized spacial score (nSPS) is 14.2. The predicted molar refractivity (Wildman–Crippen MR) is 81.9 cm³/mol. The maximum atomic E-state index is 12.3. The molecule has 0 aliphatic carbocycles. The number of hydrogen-bond acceptors (Lipinski definition) is 5. The van der Waals surface area contributed by atoms with E-state index in [-0.39, 0.29) is 12.5 Å². The molecule has 0 spiro atoms. The second kappa shape index (κ2) is 5.76. The van der Waals surface area contributed by atoms with Crippen molar-refractivity contribution in [2.24, 2.45) is 0 Å². The summed E-state index contributed by atoms with van der Waals surface area (Å²) in [5.74, 6) is -0.142. The Kier molecular flexibility index (Phi) is 4.25. The first-order valence-electron chi connectivity index (χ1n) is 6.57. The lowest BCUT2D eigenvalue weighted by molar-refractivity contribution is 0.0886. The van der Waals surface area contributed by atoms with Crippen molar-refractivity contribution in [3.63, 3.8) is 0 Å². The minimum atomic E-state index is -0.395. The fourth-order valence-corrected chi connectivity index (χ4v) is 2.78. The molecule has 1 amide bonds. The number of aromatic nitrogens is 1. The third-order valence-electron chi connectivity index (χ3n) is 3.53. The summed E-state index contributed by atoms with van der Waals surface area (Å²) in [5, 5.41) is 12.6. The summed E-state index contributed by atoms with van der Waals surface area (Å²) in [7, 11) is 0. The van der Waals surface area contributed by atoms with Crippen LogP contribution >= 0.6 is 11.3 Å². The van der Waals surface area contributed by atoms with Gasteiger partial charge in [-0.1, -0.05) is 18.3 Å². The maximum Gasteiger partial charge on any atom is 0.251 e. The Morgan fingerprint density at radius 3 is 2.95 bits per heavy atom. The molecule has 108 valence electrons. The third kappa shape index (κ3) is 3.08. The SMILES string of the molecule is CCC(C)(CCO)NC(=O)c1ccc2nc(N)sc2c1. The molecule has 0 aliphatic rings. The Balaban J connectivity index is 2.22. The number of thiazole rings is 1. The monoisotopic (exact) mass is 293 g/mol. The van der Waals surface area contributed by atoms with Crippen LogP contribution in [0.2, 0.25) is 0 Å². The van der Waals surface area contributed by atoms with Crippen LogP contribution in [-0.2, 0) is 0 Å². The molecule has 0 saturated carbocycles. The van der Waals surface area contributed by atoms with Crippen LogP contribution in [0, 0.1) is 0 Å². The third-order valence-corrected chi connectivity index (χ3v) is 4.37. The van der Waals surface area contributed by atoms with Gasteiger partial charge in [0.1, 0.15) is 0 Å². The van der Waals surface area contributed by atoms with Gasteiger partial charge < -0.3 is 16.2 Å². The fourth-order valence-electron chi connectivity index (χ4n) is 2.00. The summed E-state index contributed by atoms with van der Waals surface area (Å²) < 4.78 is 0.899. The lowest BCUT2D eigenvalue weighted by Gasteiger charge is -2.29. The number of fused-ring (bicyclic) bond motifs is 1. The molecular formula is C14H19N3O2S. The molecule has 1 aromatic heterocycles. The van der Waals surface area contributed by atoms with Crippen molar-refractivity contribution >= 4 is 32.6 Å². The van der Waals surface area contributed by atoms with Crippen molar-refractivity contribution in [1.82, 2.24) is 10.3 Å². The molecule has 1 aromatic carbocycles. The van der Waals surface area contributed by atoms with Gasteiger partial charge in [-0.2, -0.15) is 0 Å². The average molecular weight is 293 g/mol. The zero-order chi connectivity index (χ0) is 14.8. The van der Waals surface area contributed by atoms with Gasteiger partial charge in [-0.05, 0) is 38.0 Å². The van der Waals surface area contributed by atoms with Crippen molar-refractivity contribution in [3.8, 4) is 0 Å². The van der Waals surface area contributed by atoms with Crippen LogP contribution in [0.4, 0.5) is 5.13 Å². The number of amides is 1. The number of nitrogens with two attached hydrogens (primary N) is 1. The number of anilines is 1. The van der Waals surface area contributed by atoms with E-state index in [1.54, 1.807) is 18.2 Å². The summed E-state index contributed by atoms with van der Waals surface area (Å²) >= 11 is 1.36. The number of aliphatic hydroxyl groups is 1. The van der Waals surface area contributed by atoms with Crippen LogP contribution in [0.3, 0.4) is 0 Å². The highest BCUT2D eigenvalue weighted by molar-refractivity contribution is 7.22. The molecule has 0 radical (unpaired) electrons. The van der Waals surface area contributed by atoms with Crippen molar-refractivity contribution in [1.29, 1.82) is 0 Å². The molecule has 2 aromatic rings. The van der Waals surface area contributed by atoms with Gasteiger partial charge in [0, 0.05) is 17.7 Å². The van der Waals surface area contributed by atoms with Crippen molar-refractivity contribution in [2.75, 3.05) is 12.3 Å². The van der Waals surface area contributed by atoms with Gasteiger partial charge in [-0.15, -0.1) is 0 Å². The molecule has 0 bridgehead atoms. The smallest absolute Gasteiger partial charge is 0.251 e. The molecule has 0 fully saturated rings. The summed E-state index contributed by atoms with van der Waals surface area (Å²) in [6.45, 7) is 3.97. The molecule has 6 heteroatoms. The van der Waals surface area contributed by atoms with E-state index in [0.29, 0.717) is 17.1 Å². The van der Waals surface area contributed by atoms with Crippen molar-refractivity contribution < 1.29 is 9.90 Å². The van der Waals surface area contributed by atoms with Crippen LogP contribution in [-0.4, -0.2) is 28.1 Å². The van der Waals surface area contributed by atoms with E-state index in [4.69, 9.17) is 10.8 Å².